The fourth-order valence-corrected chi connectivity index (χ4v) is 4.49. The number of aliphatic imine (C=N–C) groups is 1. The molecular weight excluding hydrogens is 394 g/mol. The molecule has 0 saturated carbocycles. The van der Waals surface area contributed by atoms with Crippen molar-refractivity contribution in [1.29, 1.82) is 0 Å². The Labute approximate surface area is 175 Å². The molecular formula is C22H26ClNO5. The number of halogens is 1. The standard InChI is InChI=1S/C22H26ClNO5/c1-6-29-21(27)17-11(2)24-14-9-22(3,4)10-15(25)19(14)18(17)12-7-13(23)20(26)16(8-12)28-5/h7-8,17-18,26H,6,9-10H2,1-5H3/t17?,18-/m0/s1. The van der Waals surface area contributed by atoms with Crippen molar-refractivity contribution in [3.05, 3.63) is 34.0 Å². The molecule has 0 radical (unpaired) electrons. The summed E-state index contributed by atoms with van der Waals surface area (Å²) in [6, 6.07) is 3.20. The number of phenols is 1. The summed E-state index contributed by atoms with van der Waals surface area (Å²) in [5.41, 5.74) is 2.23. The van der Waals surface area contributed by atoms with Crippen LogP contribution in [0, 0.1) is 11.3 Å². The smallest absolute Gasteiger partial charge is 0.315 e. The van der Waals surface area contributed by atoms with Crippen LogP contribution in [0.2, 0.25) is 5.02 Å². The number of carbonyl (C=O) groups excluding carboxylic acids is 2. The Kier molecular flexibility index (Phi) is 5.77. The van der Waals surface area contributed by atoms with Gasteiger partial charge in [0, 0.05) is 29.3 Å². The molecule has 2 atom stereocenters. The van der Waals surface area contributed by atoms with Crippen molar-refractivity contribution >= 4 is 29.1 Å². The Hall–Kier alpha value is -2.34. The fourth-order valence-electron chi connectivity index (χ4n) is 4.27. The number of rotatable bonds is 4. The summed E-state index contributed by atoms with van der Waals surface area (Å²) in [5, 5.41) is 10.2. The van der Waals surface area contributed by atoms with Gasteiger partial charge >= 0.3 is 5.97 Å². The number of Topliss-reactive ketones (excluding diaryl/α,β-unsaturated/α-hetero) is 1. The number of benzene rings is 1. The minimum absolute atomic E-state index is 0.0324. The number of ketones is 1. The molecule has 1 aliphatic carbocycles. The first-order valence-corrected chi connectivity index (χ1v) is 10.0. The van der Waals surface area contributed by atoms with Gasteiger partial charge in [0.05, 0.1) is 18.7 Å². The summed E-state index contributed by atoms with van der Waals surface area (Å²) in [7, 11) is 1.42. The first kappa shape index (κ1) is 21.4. The van der Waals surface area contributed by atoms with Gasteiger partial charge in [0.15, 0.2) is 17.3 Å². The molecule has 1 heterocycles. The number of allylic oxidation sites excluding steroid dienone is 2. The monoisotopic (exact) mass is 419 g/mol. The summed E-state index contributed by atoms with van der Waals surface area (Å²) < 4.78 is 10.5. The van der Waals surface area contributed by atoms with Crippen molar-refractivity contribution < 1.29 is 24.2 Å². The molecule has 1 aromatic carbocycles. The third kappa shape index (κ3) is 3.90. The van der Waals surface area contributed by atoms with E-state index in [9.17, 15) is 14.7 Å². The number of aromatic hydroxyl groups is 1. The van der Waals surface area contributed by atoms with E-state index >= 15 is 0 Å². The number of ether oxygens (including phenoxy) is 2. The van der Waals surface area contributed by atoms with Crippen LogP contribution in [0.3, 0.4) is 0 Å². The van der Waals surface area contributed by atoms with Gasteiger partial charge in [0.2, 0.25) is 0 Å². The Morgan fingerprint density at radius 2 is 2.03 bits per heavy atom. The first-order chi connectivity index (χ1) is 13.6. The van der Waals surface area contributed by atoms with Crippen LogP contribution in [0.1, 0.15) is 52.0 Å². The molecule has 2 aliphatic rings. The average molecular weight is 420 g/mol. The Balaban J connectivity index is 2.24. The average Bonchev–Trinajstić information content (AvgIpc) is 2.61. The Morgan fingerprint density at radius 3 is 2.66 bits per heavy atom. The number of nitrogens with zero attached hydrogens (tertiary/aromatic N) is 1. The highest BCUT2D eigenvalue weighted by molar-refractivity contribution is 6.32. The minimum atomic E-state index is -0.746. The second-order valence-electron chi connectivity index (χ2n) is 8.32. The highest BCUT2D eigenvalue weighted by Gasteiger charge is 2.46. The van der Waals surface area contributed by atoms with Gasteiger partial charge in [-0.1, -0.05) is 25.4 Å². The third-order valence-corrected chi connectivity index (χ3v) is 5.76. The summed E-state index contributed by atoms with van der Waals surface area (Å²) in [6.07, 6.45) is 1.01. The van der Waals surface area contributed by atoms with Crippen LogP contribution in [0.4, 0.5) is 0 Å². The van der Waals surface area contributed by atoms with Gasteiger partial charge in [0.25, 0.3) is 0 Å². The van der Waals surface area contributed by atoms with E-state index < -0.39 is 17.8 Å². The maximum atomic E-state index is 13.2. The SMILES string of the molecule is CCOC(=O)C1C(C)=NC2=C(C(=O)CC(C)(C)C2)[C@H]1c1cc(Cl)c(O)c(OC)c1. The number of esters is 1. The molecule has 0 aromatic heterocycles. The van der Waals surface area contributed by atoms with Crippen molar-refractivity contribution in [3.63, 3.8) is 0 Å². The first-order valence-electron chi connectivity index (χ1n) is 9.64. The normalized spacial score (nSPS) is 23.4. The lowest BCUT2D eigenvalue weighted by Gasteiger charge is -2.39. The van der Waals surface area contributed by atoms with E-state index in [0.29, 0.717) is 35.4 Å². The van der Waals surface area contributed by atoms with Crippen molar-refractivity contribution in [2.75, 3.05) is 13.7 Å². The van der Waals surface area contributed by atoms with Crippen LogP contribution in [0.15, 0.2) is 28.4 Å². The summed E-state index contributed by atoms with van der Waals surface area (Å²) in [5.74, 6) is -1.82. The molecule has 0 spiro atoms. The predicted octanol–water partition coefficient (Wildman–Crippen LogP) is 4.43. The van der Waals surface area contributed by atoms with E-state index in [1.165, 1.54) is 7.11 Å². The zero-order valence-electron chi connectivity index (χ0n) is 17.3. The van der Waals surface area contributed by atoms with Crippen LogP contribution in [0.5, 0.6) is 11.5 Å². The van der Waals surface area contributed by atoms with E-state index in [0.717, 1.165) is 0 Å². The van der Waals surface area contributed by atoms with Crippen LogP contribution in [0.25, 0.3) is 0 Å². The zero-order chi connectivity index (χ0) is 21.5. The highest BCUT2D eigenvalue weighted by atomic mass is 35.5. The van der Waals surface area contributed by atoms with Gasteiger partial charge in [-0.2, -0.15) is 0 Å². The number of phenolic OH excluding ortho intramolecular Hbond substituents is 1. The summed E-state index contributed by atoms with van der Waals surface area (Å²) in [6.45, 7) is 7.81. The quantitative estimate of drug-likeness (QED) is 0.729. The lowest BCUT2D eigenvalue weighted by molar-refractivity contribution is -0.146. The van der Waals surface area contributed by atoms with E-state index in [-0.39, 0.29) is 34.3 Å². The molecule has 1 unspecified atom stereocenters. The van der Waals surface area contributed by atoms with E-state index in [1.807, 2.05) is 13.8 Å². The summed E-state index contributed by atoms with van der Waals surface area (Å²) >= 11 is 6.22. The van der Waals surface area contributed by atoms with Gasteiger partial charge in [-0.3, -0.25) is 14.6 Å². The largest absolute Gasteiger partial charge is 0.503 e. The number of methoxy groups -OCH3 is 1. The van der Waals surface area contributed by atoms with Gasteiger partial charge < -0.3 is 14.6 Å². The maximum Gasteiger partial charge on any atom is 0.315 e. The van der Waals surface area contributed by atoms with E-state index in [4.69, 9.17) is 21.1 Å². The number of hydrogen-bond donors (Lipinski definition) is 1. The molecule has 1 aromatic rings. The van der Waals surface area contributed by atoms with Gasteiger partial charge in [-0.05, 0) is 43.4 Å². The molecule has 0 amide bonds. The van der Waals surface area contributed by atoms with Gasteiger partial charge in [0.1, 0.15) is 5.92 Å². The van der Waals surface area contributed by atoms with Crippen LogP contribution < -0.4 is 4.74 Å². The molecule has 0 fully saturated rings. The Bertz CT molecular complexity index is 931. The van der Waals surface area contributed by atoms with Crippen molar-refractivity contribution in [2.45, 2.75) is 46.5 Å². The lowest BCUT2D eigenvalue weighted by Crippen LogP contribution is -2.39. The molecule has 6 nitrogen and oxygen atoms in total. The molecule has 1 aliphatic heterocycles. The maximum absolute atomic E-state index is 13.2. The molecule has 0 bridgehead atoms. The second kappa shape index (κ2) is 7.82. The van der Waals surface area contributed by atoms with Gasteiger partial charge in [-0.15, -0.1) is 0 Å². The summed E-state index contributed by atoms with van der Waals surface area (Å²) in [4.78, 5) is 30.7. The zero-order valence-corrected chi connectivity index (χ0v) is 18.1. The Morgan fingerprint density at radius 1 is 1.34 bits per heavy atom. The third-order valence-electron chi connectivity index (χ3n) is 5.47. The second-order valence-corrected chi connectivity index (χ2v) is 8.72. The molecule has 29 heavy (non-hydrogen) atoms. The van der Waals surface area contributed by atoms with Crippen molar-refractivity contribution in [3.8, 4) is 11.5 Å². The number of hydrogen-bond acceptors (Lipinski definition) is 6. The van der Waals surface area contributed by atoms with Gasteiger partial charge in [-0.25, -0.2) is 0 Å². The topological polar surface area (TPSA) is 85.2 Å². The number of carbonyl (C=O) groups is 2. The van der Waals surface area contributed by atoms with E-state index in [2.05, 4.69) is 4.99 Å². The predicted molar refractivity (Wildman–Crippen MR) is 111 cm³/mol. The van der Waals surface area contributed by atoms with Crippen LogP contribution >= 0.6 is 11.6 Å². The molecule has 3 rings (SSSR count). The van der Waals surface area contributed by atoms with Crippen LogP contribution in [-0.4, -0.2) is 36.3 Å². The minimum Gasteiger partial charge on any atom is -0.503 e. The van der Waals surface area contributed by atoms with Crippen molar-refractivity contribution in [1.82, 2.24) is 0 Å². The molecule has 0 saturated heterocycles. The molecule has 1 N–H and O–H groups in total. The van der Waals surface area contributed by atoms with Crippen LogP contribution in [-0.2, 0) is 14.3 Å². The van der Waals surface area contributed by atoms with Crippen molar-refractivity contribution in [2.24, 2.45) is 16.3 Å². The molecule has 7 heteroatoms. The van der Waals surface area contributed by atoms with E-state index in [1.54, 1.807) is 26.0 Å². The fraction of sp³-hybridized carbons (Fsp3) is 0.500. The molecule has 156 valence electrons. The highest BCUT2D eigenvalue weighted by Crippen LogP contribution is 2.49. The lowest BCUT2D eigenvalue weighted by atomic mass is 9.67.